The molecular weight excluding hydrogens is 458 g/mol. The molecule has 36 heavy (non-hydrogen) atoms. The number of hydrogen-bond acceptors (Lipinski definition) is 5. The first-order valence-electron chi connectivity index (χ1n) is 12.4. The highest BCUT2D eigenvalue weighted by atomic mass is 16.5. The lowest BCUT2D eigenvalue weighted by Gasteiger charge is -2.32. The maximum Gasteiger partial charge on any atom is 0.241 e. The first kappa shape index (κ1) is 22.6. The number of H-pyrrole nitrogens is 1. The van der Waals surface area contributed by atoms with Crippen LogP contribution in [-0.2, 0) is 32.8 Å². The summed E-state index contributed by atoms with van der Waals surface area (Å²) in [4.78, 5) is 47.3. The number of carbonyl (C=O) groups is 3. The normalized spacial score (nSPS) is 21.7. The molecule has 6 rings (SSSR count). The lowest BCUT2D eigenvalue weighted by Crippen LogP contribution is -2.45. The minimum atomic E-state index is -1.19. The van der Waals surface area contributed by atoms with E-state index in [2.05, 4.69) is 4.98 Å². The first-order chi connectivity index (χ1) is 17.4. The van der Waals surface area contributed by atoms with Crippen LogP contribution in [0, 0.1) is 0 Å². The summed E-state index contributed by atoms with van der Waals surface area (Å²) in [5.74, 6) is 0.877. The van der Waals surface area contributed by atoms with Crippen molar-refractivity contribution in [3.05, 3.63) is 59.3 Å². The van der Waals surface area contributed by atoms with Gasteiger partial charge in [-0.15, -0.1) is 0 Å². The predicted molar refractivity (Wildman–Crippen MR) is 133 cm³/mol. The van der Waals surface area contributed by atoms with E-state index < -0.39 is 5.41 Å². The van der Waals surface area contributed by atoms with Gasteiger partial charge in [-0.2, -0.15) is 0 Å². The molecule has 0 unspecified atom stereocenters. The van der Waals surface area contributed by atoms with Gasteiger partial charge >= 0.3 is 0 Å². The van der Waals surface area contributed by atoms with Crippen molar-refractivity contribution in [3.8, 4) is 11.5 Å². The van der Waals surface area contributed by atoms with Crippen LogP contribution in [0.2, 0.25) is 0 Å². The molecule has 2 aliphatic heterocycles. The largest absolute Gasteiger partial charge is 0.497 e. The third-order valence-corrected chi connectivity index (χ3v) is 7.89. The average Bonchev–Trinajstić information content (AvgIpc) is 3.61. The van der Waals surface area contributed by atoms with Gasteiger partial charge in [0, 0.05) is 60.6 Å². The van der Waals surface area contributed by atoms with Crippen LogP contribution in [-0.4, -0.2) is 59.3 Å². The van der Waals surface area contributed by atoms with Crippen LogP contribution in [0.5, 0.6) is 11.5 Å². The zero-order chi connectivity index (χ0) is 25.0. The SMILES string of the molecule is COc1ccc([C@@]2(CC(=O)N3CCc4[nH]c5ccc(OC)cc5c4C3)CC(=O)N(C3CC3)C2=O)cc1. The van der Waals surface area contributed by atoms with Crippen molar-refractivity contribution in [1.29, 1.82) is 0 Å². The molecule has 1 aromatic heterocycles. The summed E-state index contributed by atoms with van der Waals surface area (Å²) in [7, 11) is 3.22. The van der Waals surface area contributed by atoms with Gasteiger partial charge in [-0.1, -0.05) is 12.1 Å². The Labute approximate surface area is 209 Å². The lowest BCUT2D eigenvalue weighted by atomic mass is 9.75. The van der Waals surface area contributed by atoms with Crippen molar-refractivity contribution < 1.29 is 23.9 Å². The van der Waals surface area contributed by atoms with Gasteiger partial charge in [-0.25, -0.2) is 0 Å². The average molecular weight is 488 g/mol. The highest BCUT2D eigenvalue weighted by Gasteiger charge is 2.57. The number of aromatic nitrogens is 1. The predicted octanol–water partition coefficient (Wildman–Crippen LogP) is 3.32. The molecule has 2 aromatic carbocycles. The summed E-state index contributed by atoms with van der Waals surface area (Å²) in [6.07, 6.45) is 2.36. The number of likely N-dealkylation sites (tertiary alicyclic amines) is 1. The molecule has 3 heterocycles. The van der Waals surface area contributed by atoms with Crippen molar-refractivity contribution in [2.45, 2.75) is 50.1 Å². The van der Waals surface area contributed by atoms with Gasteiger partial charge < -0.3 is 19.4 Å². The quantitative estimate of drug-likeness (QED) is 0.539. The summed E-state index contributed by atoms with van der Waals surface area (Å²) >= 11 is 0. The molecule has 1 N–H and O–H groups in total. The molecule has 8 heteroatoms. The number of carbonyl (C=O) groups excluding carboxylic acids is 3. The van der Waals surface area contributed by atoms with E-state index in [-0.39, 0.29) is 36.6 Å². The number of hydrogen-bond donors (Lipinski definition) is 1. The van der Waals surface area contributed by atoms with Gasteiger partial charge in [0.05, 0.1) is 19.6 Å². The highest BCUT2D eigenvalue weighted by Crippen LogP contribution is 2.45. The van der Waals surface area contributed by atoms with Crippen LogP contribution in [0.4, 0.5) is 0 Å². The Morgan fingerprint density at radius 1 is 1.06 bits per heavy atom. The van der Waals surface area contributed by atoms with Crippen LogP contribution in [0.1, 0.15) is 42.5 Å². The van der Waals surface area contributed by atoms with Crippen LogP contribution >= 0.6 is 0 Å². The molecule has 0 spiro atoms. The van der Waals surface area contributed by atoms with Crippen molar-refractivity contribution in [2.75, 3.05) is 20.8 Å². The number of ether oxygens (including phenoxy) is 2. The van der Waals surface area contributed by atoms with Crippen molar-refractivity contribution in [2.24, 2.45) is 0 Å². The first-order valence-corrected chi connectivity index (χ1v) is 12.4. The Hall–Kier alpha value is -3.81. The van der Waals surface area contributed by atoms with Crippen LogP contribution < -0.4 is 9.47 Å². The second-order valence-corrected chi connectivity index (χ2v) is 10.0. The Morgan fingerprint density at radius 3 is 2.47 bits per heavy atom. The Balaban J connectivity index is 1.32. The minimum absolute atomic E-state index is 0.0176. The second-order valence-electron chi connectivity index (χ2n) is 10.0. The molecule has 1 saturated carbocycles. The summed E-state index contributed by atoms with van der Waals surface area (Å²) in [6.45, 7) is 1.01. The molecular formula is C28H29N3O5. The van der Waals surface area contributed by atoms with Crippen LogP contribution in [0.25, 0.3) is 10.9 Å². The monoisotopic (exact) mass is 487 g/mol. The number of methoxy groups -OCH3 is 2. The summed E-state index contributed by atoms with van der Waals surface area (Å²) in [6, 6.07) is 13.1. The van der Waals surface area contributed by atoms with E-state index in [0.29, 0.717) is 30.8 Å². The third-order valence-electron chi connectivity index (χ3n) is 7.89. The molecule has 1 aliphatic carbocycles. The number of nitrogens with one attached hydrogen (secondary N) is 1. The highest BCUT2D eigenvalue weighted by molar-refractivity contribution is 6.11. The van der Waals surface area contributed by atoms with E-state index in [0.717, 1.165) is 40.8 Å². The Bertz CT molecular complexity index is 1370. The van der Waals surface area contributed by atoms with E-state index in [1.165, 1.54) is 4.90 Å². The summed E-state index contributed by atoms with van der Waals surface area (Å²) < 4.78 is 10.7. The molecule has 1 saturated heterocycles. The van der Waals surface area contributed by atoms with Gasteiger partial charge in [0.15, 0.2) is 0 Å². The topological polar surface area (TPSA) is 91.9 Å². The summed E-state index contributed by atoms with van der Waals surface area (Å²) in [5.41, 5.74) is 2.72. The van der Waals surface area contributed by atoms with Gasteiger partial charge in [0.1, 0.15) is 11.5 Å². The van der Waals surface area contributed by atoms with Crippen LogP contribution in [0.3, 0.4) is 0 Å². The molecule has 0 radical (unpaired) electrons. The zero-order valence-corrected chi connectivity index (χ0v) is 20.5. The maximum atomic E-state index is 13.8. The second kappa shape index (κ2) is 8.40. The number of imide groups is 1. The molecule has 2 fully saturated rings. The standard InChI is InChI=1S/C28H29N3O5/c1-35-19-7-3-17(4-8-19)28(15-26(33)31(27(28)34)18-5-6-18)14-25(32)30-12-11-24-22(16-30)21-13-20(36-2)9-10-23(21)29-24/h3-4,7-10,13,18,29H,5-6,11-12,14-16H2,1-2H3/t28-/m1/s1. The van der Waals surface area contributed by atoms with Gasteiger partial charge in [-0.3, -0.25) is 19.3 Å². The molecule has 3 amide bonds. The minimum Gasteiger partial charge on any atom is -0.497 e. The van der Waals surface area contributed by atoms with Crippen LogP contribution in [0.15, 0.2) is 42.5 Å². The number of aromatic amines is 1. The van der Waals surface area contributed by atoms with Crippen molar-refractivity contribution in [3.63, 3.8) is 0 Å². The molecule has 0 bridgehead atoms. The number of nitrogens with zero attached hydrogens (tertiary/aromatic N) is 2. The van der Waals surface area contributed by atoms with E-state index >= 15 is 0 Å². The molecule has 186 valence electrons. The number of fused-ring (bicyclic) bond motifs is 3. The van der Waals surface area contributed by atoms with E-state index in [9.17, 15) is 14.4 Å². The van der Waals surface area contributed by atoms with Crippen molar-refractivity contribution >= 4 is 28.6 Å². The summed E-state index contributed by atoms with van der Waals surface area (Å²) in [5, 5.41) is 1.04. The molecule has 3 aliphatic rings. The molecule has 1 atom stereocenters. The van der Waals surface area contributed by atoms with E-state index in [4.69, 9.17) is 9.47 Å². The van der Waals surface area contributed by atoms with E-state index in [1.54, 1.807) is 26.4 Å². The number of rotatable bonds is 6. The molecule has 3 aromatic rings. The fraction of sp³-hybridized carbons (Fsp3) is 0.393. The number of benzene rings is 2. The third kappa shape index (κ3) is 3.54. The number of amides is 3. The molecule has 8 nitrogen and oxygen atoms in total. The smallest absolute Gasteiger partial charge is 0.241 e. The zero-order valence-electron chi connectivity index (χ0n) is 20.5. The fourth-order valence-corrected chi connectivity index (χ4v) is 5.74. The van der Waals surface area contributed by atoms with Gasteiger partial charge in [-0.05, 0) is 48.7 Å². The Kier molecular flexibility index (Phi) is 5.28. The Morgan fingerprint density at radius 2 is 1.78 bits per heavy atom. The fourth-order valence-electron chi connectivity index (χ4n) is 5.74. The lowest BCUT2D eigenvalue weighted by molar-refractivity contribution is -0.143. The van der Waals surface area contributed by atoms with E-state index in [1.807, 2.05) is 35.2 Å². The maximum absolute atomic E-state index is 13.8. The van der Waals surface area contributed by atoms with Gasteiger partial charge in [0.2, 0.25) is 17.7 Å². The van der Waals surface area contributed by atoms with Crippen molar-refractivity contribution in [1.82, 2.24) is 14.8 Å². The van der Waals surface area contributed by atoms with Gasteiger partial charge in [0.25, 0.3) is 0 Å².